The van der Waals surface area contributed by atoms with E-state index in [1.54, 1.807) is 10.7 Å². The zero-order valence-electron chi connectivity index (χ0n) is 7.44. The Morgan fingerprint density at radius 3 is 3.08 bits per heavy atom. The molecule has 0 radical (unpaired) electrons. The minimum absolute atomic E-state index is 0.476. The molecule has 2 rings (SSSR count). The molecule has 2 N–H and O–H groups in total. The van der Waals surface area contributed by atoms with Crippen LogP contribution in [-0.4, -0.2) is 19.6 Å². The van der Waals surface area contributed by atoms with Gasteiger partial charge in [0.05, 0.1) is 0 Å². The molecule has 0 bridgehead atoms. The highest BCUT2D eigenvalue weighted by molar-refractivity contribution is 5.27. The third kappa shape index (κ3) is 1.38. The molecule has 0 aliphatic carbocycles. The van der Waals surface area contributed by atoms with Gasteiger partial charge in [0.15, 0.2) is 5.82 Å². The van der Waals surface area contributed by atoms with Crippen LogP contribution in [0, 0.1) is 0 Å². The first-order valence-electron chi connectivity index (χ1n) is 4.23. The molecule has 0 spiro atoms. The van der Waals surface area contributed by atoms with Gasteiger partial charge >= 0.3 is 0 Å². The van der Waals surface area contributed by atoms with Gasteiger partial charge in [0.2, 0.25) is 0 Å². The van der Waals surface area contributed by atoms with Crippen LogP contribution in [0.15, 0.2) is 12.4 Å². The molecule has 5 heteroatoms. The molecule has 0 saturated carbocycles. The van der Waals surface area contributed by atoms with Crippen molar-refractivity contribution in [3.8, 4) is 0 Å². The number of nitrogens with two attached hydrogens (primary N) is 1. The maximum atomic E-state index is 5.48. The third-order valence-electron chi connectivity index (χ3n) is 1.84. The summed E-state index contributed by atoms with van der Waals surface area (Å²) in [6, 6.07) is 0. The van der Waals surface area contributed by atoms with Gasteiger partial charge in [0.1, 0.15) is 0 Å². The van der Waals surface area contributed by atoms with Gasteiger partial charge in [-0.05, 0) is 0 Å². The summed E-state index contributed by atoms with van der Waals surface area (Å²) in [4.78, 5) is 8.34. The maximum absolute atomic E-state index is 5.48. The van der Waals surface area contributed by atoms with E-state index in [4.69, 9.17) is 5.73 Å². The second-order valence-electron chi connectivity index (χ2n) is 2.79. The molecule has 0 amide bonds. The lowest BCUT2D eigenvalue weighted by molar-refractivity contribution is 0.862. The van der Waals surface area contributed by atoms with Crippen molar-refractivity contribution in [2.24, 2.45) is 5.73 Å². The second kappa shape index (κ2) is 3.10. The summed E-state index contributed by atoms with van der Waals surface area (Å²) in [5, 5.41) is 4.23. The van der Waals surface area contributed by atoms with E-state index in [1.807, 2.05) is 13.1 Å². The Hall–Kier alpha value is -1.49. The number of aromatic nitrogens is 4. The lowest BCUT2D eigenvalue weighted by atomic mass is 10.3. The first-order valence-corrected chi connectivity index (χ1v) is 4.23. The van der Waals surface area contributed by atoms with Crippen molar-refractivity contribution in [3.05, 3.63) is 23.8 Å². The Morgan fingerprint density at radius 1 is 1.54 bits per heavy atom. The Kier molecular flexibility index (Phi) is 1.94. The Bertz CT molecular complexity index is 417. The summed E-state index contributed by atoms with van der Waals surface area (Å²) in [6.45, 7) is 2.49. The quantitative estimate of drug-likeness (QED) is 0.708. The van der Waals surface area contributed by atoms with E-state index < -0.39 is 0 Å². The standard InChI is InChI=1S/C8H11N5/c1-2-7-11-8-10-4-6(3-9)5-13(8)12-7/h4-5H,2-3,9H2,1H3. The van der Waals surface area contributed by atoms with Crippen molar-refractivity contribution in [1.82, 2.24) is 19.6 Å². The molecular weight excluding hydrogens is 166 g/mol. The molecule has 0 aliphatic heterocycles. The van der Waals surface area contributed by atoms with Gasteiger partial charge in [-0.2, -0.15) is 4.98 Å². The predicted molar refractivity (Wildman–Crippen MR) is 48.1 cm³/mol. The lowest BCUT2D eigenvalue weighted by Crippen LogP contribution is -2.00. The van der Waals surface area contributed by atoms with Gasteiger partial charge in [0, 0.05) is 30.9 Å². The largest absolute Gasteiger partial charge is 0.326 e. The third-order valence-corrected chi connectivity index (χ3v) is 1.84. The van der Waals surface area contributed by atoms with E-state index in [0.717, 1.165) is 17.8 Å². The zero-order valence-corrected chi connectivity index (χ0v) is 7.44. The van der Waals surface area contributed by atoms with Gasteiger partial charge in [-0.25, -0.2) is 9.50 Å². The van der Waals surface area contributed by atoms with Crippen LogP contribution in [0.2, 0.25) is 0 Å². The van der Waals surface area contributed by atoms with Crippen LogP contribution < -0.4 is 5.73 Å². The van der Waals surface area contributed by atoms with Gasteiger partial charge in [-0.1, -0.05) is 6.92 Å². The summed E-state index contributed by atoms with van der Waals surface area (Å²) in [6.07, 6.45) is 4.40. The molecule has 68 valence electrons. The molecule has 2 heterocycles. The minimum atomic E-state index is 0.476. The number of hydrogen-bond acceptors (Lipinski definition) is 4. The van der Waals surface area contributed by atoms with Crippen LogP contribution in [0.4, 0.5) is 0 Å². The van der Waals surface area contributed by atoms with Crippen LogP contribution in [0.3, 0.4) is 0 Å². The highest BCUT2D eigenvalue weighted by Crippen LogP contribution is 2.00. The Labute approximate surface area is 75.6 Å². The van der Waals surface area contributed by atoms with E-state index in [2.05, 4.69) is 15.1 Å². The molecular formula is C8H11N5. The van der Waals surface area contributed by atoms with E-state index in [0.29, 0.717) is 12.3 Å². The molecule has 5 nitrogen and oxygen atoms in total. The van der Waals surface area contributed by atoms with Crippen molar-refractivity contribution >= 4 is 5.78 Å². The van der Waals surface area contributed by atoms with Crippen molar-refractivity contribution in [1.29, 1.82) is 0 Å². The number of aryl methyl sites for hydroxylation is 1. The fourth-order valence-corrected chi connectivity index (χ4v) is 1.12. The molecule has 13 heavy (non-hydrogen) atoms. The molecule has 0 atom stereocenters. The topological polar surface area (TPSA) is 69.1 Å². The number of nitrogens with zero attached hydrogens (tertiary/aromatic N) is 4. The fraction of sp³-hybridized carbons (Fsp3) is 0.375. The summed E-state index contributed by atoms with van der Waals surface area (Å²) < 4.78 is 1.67. The van der Waals surface area contributed by atoms with E-state index >= 15 is 0 Å². The number of rotatable bonds is 2. The molecule has 2 aromatic heterocycles. The Balaban J connectivity index is 2.57. The van der Waals surface area contributed by atoms with Crippen molar-refractivity contribution < 1.29 is 0 Å². The highest BCUT2D eigenvalue weighted by atomic mass is 15.3. The molecule has 2 aromatic rings. The molecule has 0 aromatic carbocycles. The van der Waals surface area contributed by atoms with E-state index in [1.165, 1.54) is 0 Å². The average molecular weight is 177 g/mol. The summed E-state index contributed by atoms with van der Waals surface area (Å²) >= 11 is 0. The van der Waals surface area contributed by atoms with Gasteiger partial charge in [-0.3, -0.25) is 0 Å². The number of hydrogen-bond donors (Lipinski definition) is 1. The maximum Gasteiger partial charge on any atom is 0.252 e. The molecule has 0 saturated heterocycles. The first kappa shape index (κ1) is 8.12. The smallest absolute Gasteiger partial charge is 0.252 e. The van der Waals surface area contributed by atoms with Crippen molar-refractivity contribution in [2.45, 2.75) is 19.9 Å². The highest BCUT2D eigenvalue weighted by Gasteiger charge is 2.02. The normalized spacial score (nSPS) is 10.9. The first-order chi connectivity index (χ1) is 6.33. The van der Waals surface area contributed by atoms with Crippen LogP contribution in [-0.2, 0) is 13.0 Å². The minimum Gasteiger partial charge on any atom is -0.326 e. The van der Waals surface area contributed by atoms with Crippen LogP contribution in [0.5, 0.6) is 0 Å². The molecule has 0 fully saturated rings. The summed E-state index contributed by atoms with van der Waals surface area (Å²) in [5.74, 6) is 1.44. The van der Waals surface area contributed by atoms with Crippen molar-refractivity contribution in [3.63, 3.8) is 0 Å². The predicted octanol–water partition coefficient (Wildman–Crippen LogP) is 0.145. The number of fused-ring (bicyclic) bond motifs is 1. The molecule has 0 aliphatic rings. The van der Waals surface area contributed by atoms with Gasteiger partial charge in [0.25, 0.3) is 5.78 Å². The van der Waals surface area contributed by atoms with E-state index in [9.17, 15) is 0 Å². The van der Waals surface area contributed by atoms with Crippen LogP contribution >= 0.6 is 0 Å². The fourth-order valence-electron chi connectivity index (χ4n) is 1.12. The van der Waals surface area contributed by atoms with Gasteiger partial charge in [-0.15, -0.1) is 5.10 Å². The monoisotopic (exact) mass is 177 g/mol. The SMILES string of the molecule is CCc1nc2ncc(CN)cn2n1. The average Bonchev–Trinajstić information content (AvgIpc) is 2.58. The zero-order chi connectivity index (χ0) is 9.26. The summed E-state index contributed by atoms with van der Waals surface area (Å²) in [5.41, 5.74) is 6.44. The van der Waals surface area contributed by atoms with Crippen LogP contribution in [0.25, 0.3) is 5.78 Å². The molecule has 0 unspecified atom stereocenters. The second-order valence-corrected chi connectivity index (χ2v) is 2.79. The van der Waals surface area contributed by atoms with Gasteiger partial charge < -0.3 is 5.73 Å². The van der Waals surface area contributed by atoms with E-state index in [-0.39, 0.29) is 0 Å². The van der Waals surface area contributed by atoms with Crippen molar-refractivity contribution in [2.75, 3.05) is 0 Å². The lowest BCUT2D eigenvalue weighted by Gasteiger charge is -1.94. The van der Waals surface area contributed by atoms with Crippen LogP contribution in [0.1, 0.15) is 18.3 Å². The summed E-state index contributed by atoms with van der Waals surface area (Å²) in [7, 11) is 0. The Morgan fingerprint density at radius 2 is 2.38 bits per heavy atom.